The van der Waals surface area contributed by atoms with Crippen molar-refractivity contribution >= 4 is 67.4 Å². The number of allylic oxidation sites excluding steroid dienone is 18. The monoisotopic (exact) mass is 1730 g/mol. The Bertz CT molecular complexity index is 5140. The van der Waals surface area contributed by atoms with Crippen molar-refractivity contribution < 1.29 is 0 Å². The van der Waals surface area contributed by atoms with Crippen molar-refractivity contribution in [1.82, 2.24) is 0 Å². The van der Waals surface area contributed by atoms with E-state index in [4.69, 9.17) is 0 Å². The number of hydrogen-bond donors (Lipinski definition) is 0. The Labute approximate surface area is 794 Å². The fourth-order valence-corrected chi connectivity index (χ4v) is 12.8. The molecule has 690 valence electrons. The fourth-order valence-electron chi connectivity index (χ4n) is 12.8. The molecule has 1 unspecified atom stereocenters. The number of fused-ring (bicyclic) bond motifs is 9. The molecule has 12 aromatic rings. The molecular formula is C130H170. The summed E-state index contributed by atoms with van der Waals surface area (Å²) in [6.07, 6.45) is 48.6. The molecule has 0 radical (unpaired) electrons. The first kappa shape index (κ1) is 113. The van der Waals surface area contributed by atoms with E-state index in [1.807, 2.05) is 30.3 Å². The summed E-state index contributed by atoms with van der Waals surface area (Å²) in [5, 5.41) is 13.4. The molecule has 130 heavy (non-hydrogen) atoms. The van der Waals surface area contributed by atoms with Crippen LogP contribution in [-0.2, 0) is 12.8 Å². The molecule has 19 rings (SSSR count). The van der Waals surface area contributed by atoms with Crippen molar-refractivity contribution in [2.24, 2.45) is 53.3 Å². The predicted octanol–water partition coefficient (Wildman–Crippen LogP) is 38.4. The van der Waals surface area contributed by atoms with Gasteiger partial charge in [0.15, 0.2) is 0 Å². The molecule has 0 aliphatic heterocycles. The number of aryl methyl sites for hydroxylation is 2. The van der Waals surface area contributed by atoms with Crippen LogP contribution in [0.4, 0.5) is 0 Å². The summed E-state index contributed by atoms with van der Waals surface area (Å²) in [4.78, 5) is 0. The van der Waals surface area contributed by atoms with Gasteiger partial charge in [0.2, 0.25) is 0 Å². The topological polar surface area (TPSA) is 0 Å². The van der Waals surface area contributed by atoms with Crippen molar-refractivity contribution in [2.75, 3.05) is 0 Å². The highest BCUT2D eigenvalue weighted by molar-refractivity contribution is 5.98. The van der Waals surface area contributed by atoms with Crippen molar-refractivity contribution in [1.29, 1.82) is 0 Å². The van der Waals surface area contributed by atoms with Crippen molar-refractivity contribution in [2.45, 2.75) is 237 Å². The molecule has 7 aliphatic carbocycles. The van der Waals surface area contributed by atoms with Gasteiger partial charge in [-0.15, -0.1) is 0 Å². The van der Waals surface area contributed by atoms with Gasteiger partial charge in [-0.2, -0.15) is 0 Å². The molecule has 0 amide bonds. The SMILES string of the molecule is C1=CC2=CC=CC2C=C1.C1=Cc2c(ccc3ccccc23)CC1.C1=Cc2ccccc2C1.C1=c2ccccc2=CC1.CC(C)C.CC(C)C.CC(C)C.CC(C)C.CC(C)C.CC(C)C.CC(C)C1=CC=CC1.CC(C)C1=CCC=C1.CC(C)c1ccccc1.CC(C)c1ccccc1.Cc1ccccc1.c1ccc2cc3ccccc3cc2c1.c1ccc2ccccc2c1. The first-order valence-corrected chi connectivity index (χ1v) is 48.8. The first-order chi connectivity index (χ1) is 62.3. The summed E-state index contributed by atoms with van der Waals surface area (Å²) >= 11 is 0. The third kappa shape index (κ3) is 52.5. The minimum absolute atomic E-state index is 0.579. The van der Waals surface area contributed by atoms with E-state index in [2.05, 4.69) is 557 Å². The van der Waals surface area contributed by atoms with Gasteiger partial charge in [-0.1, -0.05) is 580 Å². The summed E-state index contributed by atoms with van der Waals surface area (Å²) in [6.45, 7) is 58.8. The maximum Gasteiger partial charge on any atom is 0.0204 e. The molecule has 0 spiro atoms. The van der Waals surface area contributed by atoms with Gasteiger partial charge in [0.05, 0.1) is 0 Å². The highest BCUT2D eigenvalue weighted by Crippen LogP contribution is 2.29. The summed E-state index contributed by atoms with van der Waals surface area (Å²) in [6, 6.07) is 99.5. The Morgan fingerprint density at radius 2 is 0.677 bits per heavy atom. The van der Waals surface area contributed by atoms with Crippen LogP contribution in [0.5, 0.6) is 0 Å². The number of hydrogen-bond acceptors (Lipinski definition) is 0. The molecule has 0 aromatic heterocycles. The highest BCUT2D eigenvalue weighted by atomic mass is 14.2. The lowest BCUT2D eigenvalue weighted by Crippen LogP contribution is -2.19. The molecule has 7 aliphatic rings. The van der Waals surface area contributed by atoms with Crippen LogP contribution in [0.15, 0.2) is 393 Å². The zero-order chi connectivity index (χ0) is 95.8. The molecule has 0 fully saturated rings. The maximum atomic E-state index is 2.28. The zero-order valence-electron chi connectivity index (χ0n) is 85.7. The summed E-state index contributed by atoms with van der Waals surface area (Å²) in [7, 11) is 0. The Morgan fingerprint density at radius 3 is 1.05 bits per heavy atom. The lowest BCUT2D eigenvalue weighted by Gasteiger charge is -2.12. The Kier molecular flexibility index (Phi) is 59.1. The molecular weight excluding hydrogens is 1560 g/mol. The molecule has 0 nitrogen and oxygen atoms in total. The minimum atomic E-state index is 0.579. The van der Waals surface area contributed by atoms with Crippen molar-refractivity contribution in [3.8, 4) is 0 Å². The second-order valence-corrected chi connectivity index (χ2v) is 38.8. The van der Waals surface area contributed by atoms with Crippen LogP contribution in [0, 0.1) is 60.2 Å². The fraction of sp³-hybridized carbons (Fsp3) is 0.338. The zero-order valence-corrected chi connectivity index (χ0v) is 85.7. The molecule has 0 heteroatoms. The molecule has 0 saturated heterocycles. The summed E-state index contributed by atoms with van der Waals surface area (Å²) in [5.41, 5.74) is 14.4. The van der Waals surface area contributed by atoms with E-state index in [9.17, 15) is 0 Å². The standard InChI is InChI=1S/C14H12.C14H10.C10H8.3C9H8.2C9H12.2C8H12.C7H8.6C4H10/c1-3-7-13-11(5-1)9-10-12-6-2-4-8-14(12)13;1-2-6-12-10-14-8-4-3-7-13(14)9-11(12)5-1;1-2-6-10-8-4-3-7-9(10)5-1;3*1-2-5-9-7-3-6-8(9)4-1;2*1-8(2)9-6-4-3-5-7-9;2*1-7(2)8-5-3-4-6-8;1-7-5-3-2-4-6-7;6*1-4(2)3/h1,3-5,7-10H,2,6H2;1-10H;1-8H;1-2,4-7H,3H2;1-6H,7H2;1-8H;2*3-8H,1-2H3;3,5-7H,4H2,1-2H3;3-5,7H,6H2,1-2H3;2-6H,1H3;6*4H,1-3H3. The Balaban J connectivity index is 0.000000361. The van der Waals surface area contributed by atoms with Gasteiger partial charge in [-0.25, -0.2) is 0 Å². The molecule has 0 heterocycles. The highest BCUT2D eigenvalue weighted by Gasteiger charge is 2.11. The lowest BCUT2D eigenvalue weighted by atomic mass is 9.92. The van der Waals surface area contributed by atoms with Gasteiger partial charge in [0, 0.05) is 5.92 Å². The van der Waals surface area contributed by atoms with Crippen LogP contribution in [0.25, 0.3) is 67.4 Å². The van der Waals surface area contributed by atoms with Crippen LogP contribution in [0.3, 0.4) is 0 Å². The molecule has 12 aromatic carbocycles. The molecule has 0 N–H and O–H groups in total. The normalized spacial score (nSPS) is 13.1. The van der Waals surface area contributed by atoms with E-state index in [0.717, 1.165) is 60.7 Å². The smallest absolute Gasteiger partial charge is 0.0204 e. The maximum absolute atomic E-state index is 2.28. The van der Waals surface area contributed by atoms with Crippen LogP contribution in [-0.4, -0.2) is 0 Å². The van der Waals surface area contributed by atoms with Crippen molar-refractivity contribution in [3.05, 3.63) is 442 Å². The summed E-state index contributed by atoms with van der Waals surface area (Å²) < 4.78 is 0. The molecule has 0 bridgehead atoms. The lowest BCUT2D eigenvalue weighted by molar-refractivity contribution is 0.736. The van der Waals surface area contributed by atoms with E-state index in [1.54, 1.807) is 5.57 Å². The summed E-state index contributed by atoms with van der Waals surface area (Å²) in [5.74, 6) is 8.35. The Hall–Kier alpha value is -11.2. The third-order valence-corrected chi connectivity index (χ3v) is 19.2. The average Bonchev–Trinajstić information content (AvgIpc) is 1.41. The van der Waals surface area contributed by atoms with Crippen LogP contribution >= 0.6 is 0 Å². The largest absolute Gasteiger partial charge is 0.0836 e. The van der Waals surface area contributed by atoms with E-state index in [1.165, 1.54) is 123 Å². The third-order valence-electron chi connectivity index (χ3n) is 19.2. The molecule has 1 atom stereocenters. The number of benzene rings is 12. The van der Waals surface area contributed by atoms with Gasteiger partial charge in [0.25, 0.3) is 0 Å². The number of rotatable bonds is 4. The van der Waals surface area contributed by atoms with Gasteiger partial charge < -0.3 is 0 Å². The van der Waals surface area contributed by atoms with Gasteiger partial charge >= 0.3 is 0 Å². The minimum Gasteiger partial charge on any atom is -0.0836 e. The second kappa shape index (κ2) is 68.0. The van der Waals surface area contributed by atoms with E-state index in [0.29, 0.717) is 23.7 Å². The van der Waals surface area contributed by atoms with E-state index in [-0.39, 0.29) is 0 Å². The molecule has 0 saturated carbocycles. The van der Waals surface area contributed by atoms with E-state index >= 15 is 0 Å². The van der Waals surface area contributed by atoms with Crippen molar-refractivity contribution in [3.63, 3.8) is 0 Å². The van der Waals surface area contributed by atoms with Crippen LogP contribution < -0.4 is 10.4 Å². The van der Waals surface area contributed by atoms with Gasteiger partial charge in [0.1, 0.15) is 0 Å². The predicted molar refractivity (Wildman–Crippen MR) is 593 cm³/mol. The van der Waals surface area contributed by atoms with Gasteiger partial charge in [-0.05, 0) is 215 Å². The Morgan fingerprint density at radius 1 is 0.269 bits per heavy atom. The first-order valence-electron chi connectivity index (χ1n) is 48.8. The average molecular weight is 1730 g/mol. The quantitative estimate of drug-likeness (QED) is 0.154. The second-order valence-electron chi connectivity index (χ2n) is 38.8. The van der Waals surface area contributed by atoms with E-state index < -0.39 is 0 Å². The van der Waals surface area contributed by atoms with Gasteiger partial charge in [-0.3, -0.25) is 0 Å². The van der Waals surface area contributed by atoms with Crippen LogP contribution in [0.2, 0.25) is 0 Å². The van der Waals surface area contributed by atoms with Crippen LogP contribution in [0.1, 0.15) is 256 Å².